The summed E-state index contributed by atoms with van der Waals surface area (Å²) in [5.41, 5.74) is 6.75. The summed E-state index contributed by atoms with van der Waals surface area (Å²) in [7, 11) is 0. The molecule has 4 heteroatoms. The van der Waals surface area contributed by atoms with E-state index in [1.807, 2.05) is 17.8 Å². The molecule has 1 fully saturated rings. The van der Waals surface area contributed by atoms with E-state index in [4.69, 9.17) is 5.73 Å². The lowest BCUT2D eigenvalue weighted by atomic mass is 10.2. The molecule has 98 valence electrons. The molecule has 18 heavy (non-hydrogen) atoms. The van der Waals surface area contributed by atoms with E-state index in [0.717, 1.165) is 37.4 Å². The Kier molecular flexibility index (Phi) is 5.08. The van der Waals surface area contributed by atoms with Crippen LogP contribution in [-0.2, 0) is 10.5 Å². The first-order valence-electron chi connectivity index (χ1n) is 6.42. The third-order valence-electron chi connectivity index (χ3n) is 3.33. The maximum absolute atomic E-state index is 11.2. The zero-order chi connectivity index (χ0) is 12.8. The molecular formula is C14H20N2OS. The molecule has 3 nitrogen and oxygen atoms in total. The number of hydrogen-bond donors (Lipinski definition) is 1. The van der Waals surface area contributed by atoms with Crippen molar-refractivity contribution in [2.24, 2.45) is 5.73 Å². The van der Waals surface area contributed by atoms with Gasteiger partial charge in [0.15, 0.2) is 0 Å². The average molecular weight is 264 g/mol. The van der Waals surface area contributed by atoms with Gasteiger partial charge in [0, 0.05) is 18.1 Å². The number of amides is 1. The normalized spacial score (nSPS) is 20.1. The lowest BCUT2D eigenvalue weighted by Crippen LogP contribution is -2.41. The molecule has 1 aromatic rings. The van der Waals surface area contributed by atoms with E-state index >= 15 is 0 Å². The van der Waals surface area contributed by atoms with Crippen molar-refractivity contribution in [1.82, 2.24) is 4.90 Å². The zero-order valence-electron chi connectivity index (χ0n) is 10.5. The van der Waals surface area contributed by atoms with E-state index in [1.54, 1.807) is 0 Å². The van der Waals surface area contributed by atoms with E-state index in [1.165, 1.54) is 5.56 Å². The summed E-state index contributed by atoms with van der Waals surface area (Å²) in [4.78, 5) is 13.5. The van der Waals surface area contributed by atoms with Crippen LogP contribution in [0.1, 0.15) is 18.4 Å². The molecular weight excluding hydrogens is 244 g/mol. The average Bonchev–Trinajstić information content (AvgIpc) is 2.84. The van der Waals surface area contributed by atoms with Gasteiger partial charge < -0.3 is 5.73 Å². The third kappa shape index (κ3) is 3.75. The number of likely N-dealkylation sites (tertiary alicyclic amines) is 1. The molecule has 1 saturated heterocycles. The van der Waals surface area contributed by atoms with Crippen molar-refractivity contribution in [2.45, 2.75) is 24.6 Å². The fourth-order valence-corrected chi connectivity index (χ4v) is 3.30. The highest BCUT2D eigenvalue weighted by molar-refractivity contribution is 7.98. The van der Waals surface area contributed by atoms with Gasteiger partial charge in [-0.1, -0.05) is 30.3 Å². The molecule has 0 bridgehead atoms. The maximum Gasteiger partial charge on any atom is 0.234 e. The van der Waals surface area contributed by atoms with Crippen molar-refractivity contribution < 1.29 is 4.79 Å². The summed E-state index contributed by atoms with van der Waals surface area (Å²) in [6.45, 7) is 1.98. The van der Waals surface area contributed by atoms with Gasteiger partial charge in [-0.25, -0.2) is 0 Å². The standard InChI is InChI=1S/C14H20N2OS/c15-14(17)13-7-4-8-16(13)9-10-18-11-12-5-2-1-3-6-12/h1-3,5-6,13H,4,7-11H2,(H2,15,17). The van der Waals surface area contributed by atoms with Crippen LogP contribution in [-0.4, -0.2) is 35.7 Å². The number of nitrogens with two attached hydrogens (primary N) is 1. The quantitative estimate of drug-likeness (QED) is 0.798. The molecule has 1 heterocycles. The number of hydrogen-bond acceptors (Lipinski definition) is 3. The van der Waals surface area contributed by atoms with E-state index in [-0.39, 0.29) is 11.9 Å². The first kappa shape index (κ1) is 13.4. The van der Waals surface area contributed by atoms with Gasteiger partial charge >= 0.3 is 0 Å². The molecule has 1 atom stereocenters. The largest absolute Gasteiger partial charge is 0.368 e. The second-order valence-corrected chi connectivity index (χ2v) is 5.74. The van der Waals surface area contributed by atoms with Gasteiger partial charge in [0.05, 0.1) is 6.04 Å². The van der Waals surface area contributed by atoms with Crippen LogP contribution in [0, 0.1) is 0 Å². The number of thioether (sulfide) groups is 1. The molecule has 0 radical (unpaired) electrons. The lowest BCUT2D eigenvalue weighted by molar-refractivity contribution is -0.122. The Morgan fingerprint density at radius 3 is 2.89 bits per heavy atom. The molecule has 1 amide bonds. The summed E-state index contributed by atoms with van der Waals surface area (Å²) in [6.07, 6.45) is 2.02. The van der Waals surface area contributed by atoms with Crippen molar-refractivity contribution >= 4 is 17.7 Å². The van der Waals surface area contributed by atoms with Crippen molar-refractivity contribution in [3.05, 3.63) is 35.9 Å². The number of nitrogens with zero attached hydrogens (tertiary/aromatic N) is 1. The Morgan fingerprint density at radius 2 is 2.17 bits per heavy atom. The second-order valence-electron chi connectivity index (χ2n) is 4.63. The molecule has 1 aliphatic heterocycles. The minimum Gasteiger partial charge on any atom is -0.368 e. The monoisotopic (exact) mass is 264 g/mol. The molecule has 0 spiro atoms. The highest BCUT2D eigenvalue weighted by atomic mass is 32.2. The van der Waals surface area contributed by atoms with Crippen LogP contribution < -0.4 is 5.73 Å². The molecule has 1 aliphatic rings. The van der Waals surface area contributed by atoms with Crippen LogP contribution in [0.25, 0.3) is 0 Å². The van der Waals surface area contributed by atoms with E-state index in [2.05, 4.69) is 29.2 Å². The van der Waals surface area contributed by atoms with Gasteiger partial charge in [0.2, 0.25) is 5.91 Å². The topological polar surface area (TPSA) is 46.3 Å². The van der Waals surface area contributed by atoms with Crippen LogP contribution >= 0.6 is 11.8 Å². The van der Waals surface area contributed by atoms with Crippen molar-refractivity contribution in [3.63, 3.8) is 0 Å². The van der Waals surface area contributed by atoms with Crippen molar-refractivity contribution in [3.8, 4) is 0 Å². The van der Waals surface area contributed by atoms with E-state index in [0.29, 0.717) is 0 Å². The molecule has 2 rings (SSSR count). The Labute approximate surface area is 113 Å². The van der Waals surface area contributed by atoms with Crippen LogP contribution in [0.5, 0.6) is 0 Å². The van der Waals surface area contributed by atoms with Gasteiger partial charge in [-0.15, -0.1) is 0 Å². The molecule has 2 N–H and O–H groups in total. The summed E-state index contributed by atoms with van der Waals surface area (Å²) in [5.74, 6) is 1.93. The van der Waals surface area contributed by atoms with Gasteiger partial charge in [-0.2, -0.15) is 11.8 Å². The predicted molar refractivity (Wildman–Crippen MR) is 76.4 cm³/mol. The smallest absolute Gasteiger partial charge is 0.234 e. The molecule has 0 aliphatic carbocycles. The van der Waals surface area contributed by atoms with Gasteiger partial charge in [0.1, 0.15) is 0 Å². The number of benzene rings is 1. The Balaban J connectivity index is 1.68. The Bertz CT molecular complexity index is 383. The summed E-state index contributed by atoms with van der Waals surface area (Å²) < 4.78 is 0. The second kappa shape index (κ2) is 6.81. The molecule has 0 saturated carbocycles. The van der Waals surface area contributed by atoms with E-state index in [9.17, 15) is 4.79 Å². The first-order chi connectivity index (χ1) is 8.77. The van der Waals surface area contributed by atoms with Gasteiger partial charge in [-0.3, -0.25) is 9.69 Å². The third-order valence-corrected chi connectivity index (χ3v) is 4.34. The highest BCUT2D eigenvalue weighted by Crippen LogP contribution is 2.18. The fraction of sp³-hybridized carbons (Fsp3) is 0.500. The molecule has 1 unspecified atom stereocenters. The fourth-order valence-electron chi connectivity index (χ4n) is 2.36. The molecule has 0 aromatic heterocycles. The van der Waals surface area contributed by atoms with Gasteiger partial charge in [0.25, 0.3) is 0 Å². The first-order valence-corrected chi connectivity index (χ1v) is 7.58. The summed E-state index contributed by atoms with van der Waals surface area (Å²) in [5, 5.41) is 0. The Hall–Kier alpha value is -1.00. The predicted octanol–water partition coefficient (Wildman–Crippen LogP) is 1.87. The van der Waals surface area contributed by atoms with Crippen molar-refractivity contribution in [1.29, 1.82) is 0 Å². The lowest BCUT2D eigenvalue weighted by Gasteiger charge is -2.21. The number of carbonyl (C=O) groups excluding carboxylic acids is 1. The van der Waals surface area contributed by atoms with Crippen LogP contribution in [0.15, 0.2) is 30.3 Å². The van der Waals surface area contributed by atoms with Crippen LogP contribution in [0.2, 0.25) is 0 Å². The maximum atomic E-state index is 11.2. The highest BCUT2D eigenvalue weighted by Gasteiger charge is 2.28. The SMILES string of the molecule is NC(=O)C1CCCN1CCSCc1ccccc1. The summed E-state index contributed by atoms with van der Waals surface area (Å²) in [6, 6.07) is 10.4. The van der Waals surface area contributed by atoms with Crippen molar-refractivity contribution in [2.75, 3.05) is 18.8 Å². The number of primary amides is 1. The number of carbonyl (C=O) groups is 1. The molecule has 1 aromatic carbocycles. The minimum atomic E-state index is -0.166. The van der Waals surface area contributed by atoms with Crippen LogP contribution in [0.3, 0.4) is 0 Å². The minimum absolute atomic E-state index is 0.0256. The number of rotatable bonds is 6. The van der Waals surface area contributed by atoms with E-state index < -0.39 is 0 Å². The van der Waals surface area contributed by atoms with Gasteiger partial charge in [-0.05, 0) is 24.9 Å². The van der Waals surface area contributed by atoms with Crippen LogP contribution in [0.4, 0.5) is 0 Å². The Morgan fingerprint density at radius 1 is 1.39 bits per heavy atom. The zero-order valence-corrected chi connectivity index (χ0v) is 11.4. The summed E-state index contributed by atoms with van der Waals surface area (Å²) >= 11 is 1.91.